The Morgan fingerprint density at radius 2 is 2.00 bits per heavy atom. The van der Waals surface area contributed by atoms with E-state index >= 15 is 0 Å². The molecular weight excluding hydrogens is 358 g/mol. The minimum absolute atomic E-state index is 0.129. The van der Waals surface area contributed by atoms with Crippen molar-refractivity contribution in [2.24, 2.45) is 7.05 Å². The van der Waals surface area contributed by atoms with Gasteiger partial charge in [0.2, 0.25) is 5.91 Å². The van der Waals surface area contributed by atoms with Crippen LogP contribution >= 0.6 is 23.4 Å². The average molecular weight is 374 g/mol. The maximum absolute atomic E-state index is 12.4. The van der Waals surface area contributed by atoms with Gasteiger partial charge in [0, 0.05) is 17.8 Å². The van der Waals surface area contributed by atoms with Gasteiger partial charge in [-0.05, 0) is 37.3 Å². The highest BCUT2D eigenvalue weighted by Gasteiger charge is 2.18. The molecular formula is C18H16ClN3O2S. The van der Waals surface area contributed by atoms with E-state index in [1.54, 1.807) is 56.4 Å². The number of benzene rings is 2. The van der Waals surface area contributed by atoms with E-state index in [1.807, 2.05) is 6.07 Å². The predicted octanol–water partition coefficient (Wildman–Crippen LogP) is 3.71. The Hall–Kier alpha value is -2.31. The van der Waals surface area contributed by atoms with Crippen LogP contribution in [0.2, 0.25) is 5.02 Å². The number of hydrogen-bond donors (Lipinski definition) is 1. The Morgan fingerprint density at radius 1 is 1.24 bits per heavy atom. The molecule has 25 heavy (non-hydrogen) atoms. The minimum Gasteiger partial charge on any atom is -0.325 e. The summed E-state index contributed by atoms with van der Waals surface area (Å²) in [6.07, 6.45) is 0. The van der Waals surface area contributed by atoms with E-state index in [9.17, 15) is 9.59 Å². The molecule has 7 heteroatoms. The van der Waals surface area contributed by atoms with Gasteiger partial charge in [-0.25, -0.2) is 4.98 Å². The zero-order chi connectivity index (χ0) is 18.0. The fraction of sp³-hybridized carbons (Fsp3) is 0.167. The van der Waals surface area contributed by atoms with Crippen molar-refractivity contribution in [3.05, 3.63) is 63.9 Å². The van der Waals surface area contributed by atoms with Crippen molar-refractivity contribution in [1.82, 2.24) is 9.55 Å². The molecule has 0 bridgehead atoms. The first kappa shape index (κ1) is 17.5. The molecule has 2 aromatic carbocycles. The van der Waals surface area contributed by atoms with Crippen molar-refractivity contribution in [1.29, 1.82) is 0 Å². The lowest BCUT2D eigenvalue weighted by atomic mass is 10.2. The third-order valence-corrected chi connectivity index (χ3v) is 5.06. The molecule has 1 N–H and O–H groups in total. The summed E-state index contributed by atoms with van der Waals surface area (Å²) in [6.45, 7) is 1.77. The Balaban J connectivity index is 1.82. The van der Waals surface area contributed by atoms with Crippen LogP contribution in [0.15, 0.2) is 58.5 Å². The first-order chi connectivity index (χ1) is 12.0. The lowest BCUT2D eigenvalue weighted by Crippen LogP contribution is -2.25. The van der Waals surface area contributed by atoms with Gasteiger partial charge in [-0.15, -0.1) is 0 Å². The molecule has 1 atom stereocenters. The topological polar surface area (TPSA) is 64.0 Å². The van der Waals surface area contributed by atoms with E-state index in [4.69, 9.17) is 11.6 Å². The molecule has 0 aliphatic rings. The summed E-state index contributed by atoms with van der Waals surface area (Å²) < 4.78 is 1.47. The number of nitrogens with one attached hydrogen (secondary N) is 1. The maximum Gasteiger partial charge on any atom is 0.261 e. The highest BCUT2D eigenvalue weighted by atomic mass is 35.5. The van der Waals surface area contributed by atoms with E-state index in [0.29, 0.717) is 26.8 Å². The molecule has 3 rings (SSSR count). The second kappa shape index (κ2) is 7.29. The van der Waals surface area contributed by atoms with Gasteiger partial charge < -0.3 is 5.32 Å². The largest absolute Gasteiger partial charge is 0.325 e. The summed E-state index contributed by atoms with van der Waals surface area (Å²) >= 11 is 7.16. The fourth-order valence-corrected chi connectivity index (χ4v) is 3.39. The van der Waals surface area contributed by atoms with Crippen LogP contribution < -0.4 is 10.9 Å². The number of hydrogen-bond acceptors (Lipinski definition) is 4. The van der Waals surface area contributed by atoms with Crippen LogP contribution in [0.4, 0.5) is 5.69 Å². The second-order valence-corrected chi connectivity index (χ2v) is 7.28. The SMILES string of the molecule is C[C@@H](Sc1nc2ccccc2c(=O)n1C)C(=O)Nc1cccc(Cl)c1. The van der Waals surface area contributed by atoms with Crippen LogP contribution in [0.25, 0.3) is 10.9 Å². The number of carbonyl (C=O) groups is 1. The molecule has 0 spiro atoms. The van der Waals surface area contributed by atoms with Gasteiger partial charge in [0.15, 0.2) is 5.16 Å². The van der Waals surface area contributed by atoms with Crippen LogP contribution in [-0.4, -0.2) is 20.7 Å². The molecule has 0 aliphatic carbocycles. The monoisotopic (exact) mass is 373 g/mol. The number of fused-ring (bicyclic) bond motifs is 1. The van der Waals surface area contributed by atoms with Crippen LogP contribution in [0.1, 0.15) is 6.92 Å². The lowest BCUT2D eigenvalue weighted by molar-refractivity contribution is -0.115. The summed E-state index contributed by atoms with van der Waals surface area (Å²) in [7, 11) is 1.66. The first-order valence-corrected chi connectivity index (χ1v) is 8.90. The normalized spacial score (nSPS) is 12.1. The predicted molar refractivity (Wildman–Crippen MR) is 102 cm³/mol. The third-order valence-electron chi connectivity index (χ3n) is 3.69. The van der Waals surface area contributed by atoms with E-state index < -0.39 is 5.25 Å². The molecule has 1 amide bonds. The quantitative estimate of drug-likeness (QED) is 0.559. The zero-order valence-corrected chi connectivity index (χ0v) is 15.3. The van der Waals surface area contributed by atoms with Crippen molar-refractivity contribution in [2.75, 3.05) is 5.32 Å². The molecule has 3 aromatic rings. The molecule has 0 saturated carbocycles. The Kier molecular flexibility index (Phi) is 5.11. The van der Waals surface area contributed by atoms with Gasteiger partial charge in [-0.2, -0.15) is 0 Å². The average Bonchev–Trinajstić information content (AvgIpc) is 2.59. The number of anilines is 1. The van der Waals surface area contributed by atoms with Crippen molar-refractivity contribution in [2.45, 2.75) is 17.3 Å². The van der Waals surface area contributed by atoms with Crippen LogP contribution in [0, 0.1) is 0 Å². The van der Waals surface area contributed by atoms with E-state index in [2.05, 4.69) is 10.3 Å². The number of aromatic nitrogens is 2. The third kappa shape index (κ3) is 3.86. The maximum atomic E-state index is 12.4. The molecule has 128 valence electrons. The Labute approximate surface area is 154 Å². The number of carbonyl (C=O) groups excluding carboxylic acids is 1. The molecule has 0 aliphatic heterocycles. The van der Waals surface area contributed by atoms with Crippen molar-refractivity contribution >= 4 is 45.9 Å². The lowest BCUT2D eigenvalue weighted by Gasteiger charge is -2.14. The van der Waals surface area contributed by atoms with E-state index in [0.717, 1.165) is 0 Å². The highest BCUT2D eigenvalue weighted by molar-refractivity contribution is 8.00. The number of halogens is 1. The molecule has 0 fully saturated rings. The summed E-state index contributed by atoms with van der Waals surface area (Å²) in [5, 5.41) is 3.99. The number of thioether (sulfide) groups is 1. The Morgan fingerprint density at radius 3 is 2.76 bits per heavy atom. The number of rotatable bonds is 4. The van der Waals surface area contributed by atoms with Crippen molar-refractivity contribution in [3.63, 3.8) is 0 Å². The Bertz CT molecular complexity index is 1000. The number of amides is 1. The highest BCUT2D eigenvalue weighted by Crippen LogP contribution is 2.23. The van der Waals surface area contributed by atoms with Crippen LogP contribution in [-0.2, 0) is 11.8 Å². The zero-order valence-electron chi connectivity index (χ0n) is 13.7. The summed E-state index contributed by atoms with van der Waals surface area (Å²) in [6, 6.07) is 14.1. The second-order valence-electron chi connectivity index (χ2n) is 5.54. The van der Waals surface area contributed by atoms with Crippen LogP contribution in [0.5, 0.6) is 0 Å². The van der Waals surface area contributed by atoms with Gasteiger partial charge in [-0.3, -0.25) is 14.2 Å². The first-order valence-electron chi connectivity index (χ1n) is 7.64. The molecule has 5 nitrogen and oxygen atoms in total. The van der Waals surface area contributed by atoms with Gasteiger partial charge in [0.1, 0.15) is 0 Å². The fourth-order valence-electron chi connectivity index (χ4n) is 2.32. The van der Waals surface area contributed by atoms with Crippen LogP contribution in [0.3, 0.4) is 0 Å². The van der Waals surface area contributed by atoms with Gasteiger partial charge in [0.25, 0.3) is 5.56 Å². The van der Waals surface area contributed by atoms with E-state index in [-0.39, 0.29) is 11.5 Å². The number of para-hydroxylation sites is 1. The van der Waals surface area contributed by atoms with Crippen molar-refractivity contribution < 1.29 is 4.79 Å². The van der Waals surface area contributed by atoms with Gasteiger partial charge in [-0.1, -0.05) is 41.6 Å². The van der Waals surface area contributed by atoms with Crippen molar-refractivity contribution in [3.8, 4) is 0 Å². The molecule has 0 unspecified atom stereocenters. The number of nitrogens with zero attached hydrogens (tertiary/aromatic N) is 2. The summed E-state index contributed by atoms with van der Waals surface area (Å²) in [5.74, 6) is -0.185. The molecule has 0 radical (unpaired) electrons. The standard InChI is InChI=1S/C18H16ClN3O2S/c1-11(16(23)20-13-7-5-6-12(19)10-13)25-18-21-15-9-4-3-8-14(15)17(24)22(18)2/h3-11H,1-2H3,(H,20,23)/t11-/m1/s1. The van der Waals surface area contributed by atoms with Gasteiger partial charge >= 0.3 is 0 Å². The molecule has 1 heterocycles. The minimum atomic E-state index is -0.432. The van der Waals surface area contributed by atoms with Gasteiger partial charge in [0.05, 0.1) is 16.2 Å². The smallest absolute Gasteiger partial charge is 0.261 e. The molecule has 0 saturated heterocycles. The van der Waals surface area contributed by atoms with E-state index in [1.165, 1.54) is 16.3 Å². The summed E-state index contributed by atoms with van der Waals surface area (Å²) in [5.41, 5.74) is 1.12. The summed E-state index contributed by atoms with van der Waals surface area (Å²) in [4.78, 5) is 29.3. The molecule has 1 aromatic heterocycles.